The van der Waals surface area contributed by atoms with Crippen LogP contribution in [0.25, 0.3) is 0 Å². The molecule has 1 aliphatic rings. The summed E-state index contributed by atoms with van der Waals surface area (Å²) in [5, 5.41) is 9.52. The van der Waals surface area contributed by atoms with Gasteiger partial charge < -0.3 is 5.11 Å². The van der Waals surface area contributed by atoms with Crippen molar-refractivity contribution in [3.05, 3.63) is 76.6 Å². The van der Waals surface area contributed by atoms with Gasteiger partial charge >= 0.3 is 5.97 Å². The van der Waals surface area contributed by atoms with Gasteiger partial charge in [-0.25, -0.2) is 17.6 Å². The van der Waals surface area contributed by atoms with Gasteiger partial charge in [0.2, 0.25) is 10.0 Å². The zero-order chi connectivity index (χ0) is 19.1. The summed E-state index contributed by atoms with van der Waals surface area (Å²) < 4.78 is 40.8. The molecule has 1 atom stereocenters. The Morgan fingerprint density at radius 2 is 1.81 bits per heavy atom. The highest BCUT2D eigenvalue weighted by atomic mass is 32.2. The second-order valence-electron chi connectivity index (χ2n) is 6.26. The molecule has 0 saturated carbocycles. The van der Waals surface area contributed by atoms with Crippen LogP contribution in [0.1, 0.15) is 22.7 Å². The van der Waals surface area contributed by atoms with E-state index < -0.39 is 27.9 Å². The van der Waals surface area contributed by atoms with E-state index in [2.05, 4.69) is 0 Å². The van der Waals surface area contributed by atoms with Gasteiger partial charge in [0.05, 0.1) is 16.5 Å². The van der Waals surface area contributed by atoms with Gasteiger partial charge in [-0.3, -0.25) is 0 Å². The Morgan fingerprint density at radius 1 is 1.15 bits per heavy atom. The smallest absolute Gasteiger partial charge is 0.333 e. The number of aliphatic carboxylic acids is 1. The first-order chi connectivity index (χ1) is 12.2. The highest BCUT2D eigenvalue weighted by molar-refractivity contribution is 7.89. The molecule has 0 aliphatic carbocycles. The van der Waals surface area contributed by atoms with Crippen molar-refractivity contribution in [2.45, 2.75) is 24.8 Å². The largest absolute Gasteiger partial charge is 0.478 e. The van der Waals surface area contributed by atoms with Crippen molar-refractivity contribution in [1.29, 1.82) is 0 Å². The number of halogens is 1. The summed E-state index contributed by atoms with van der Waals surface area (Å²) in [6.45, 7) is 3.42. The molecular weight excluding hydrogens is 357 g/mol. The van der Waals surface area contributed by atoms with E-state index in [1.807, 2.05) is 6.92 Å². The number of carboxylic acid groups (broad SMARTS) is 1. The molecule has 1 N–H and O–H groups in total. The summed E-state index contributed by atoms with van der Waals surface area (Å²) in [4.78, 5) is 11.7. The Balaban J connectivity index is 2.11. The first kappa shape index (κ1) is 18.3. The highest BCUT2D eigenvalue weighted by Gasteiger charge is 2.41. The number of rotatable bonds is 4. The topological polar surface area (TPSA) is 74.7 Å². The molecular formula is C19H18FNO4S. The molecule has 0 unspecified atom stereocenters. The van der Waals surface area contributed by atoms with Crippen LogP contribution in [0.15, 0.2) is 59.0 Å². The molecule has 0 radical (unpaired) electrons. The maximum atomic E-state index is 13.5. The van der Waals surface area contributed by atoms with Crippen molar-refractivity contribution >= 4 is 16.0 Å². The Bertz CT molecular complexity index is 997. The zero-order valence-corrected chi connectivity index (χ0v) is 15.1. The fourth-order valence-corrected chi connectivity index (χ4v) is 4.64. The molecule has 0 amide bonds. The standard InChI is InChI=1S/C19H18FNO4S/c1-12-3-6-15(7-4-12)26(24,25)21-10-9-17(19(22)23)18(21)16-8-5-14(20)11-13(16)2/h3-9,11,18H,10H2,1-2H3,(H,22,23)/t18-/m1/s1. The maximum absolute atomic E-state index is 13.5. The van der Waals surface area contributed by atoms with E-state index in [-0.39, 0.29) is 17.0 Å². The third kappa shape index (κ3) is 3.15. The Morgan fingerprint density at radius 3 is 2.38 bits per heavy atom. The van der Waals surface area contributed by atoms with Gasteiger partial charge in [-0.1, -0.05) is 29.8 Å². The minimum atomic E-state index is -3.92. The van der Waals surface area contributed by atoms with Crippen molar-refractivity contribution < 1.29 is 22.7 Å². The van der Waals surface area contributed by atoms with Gasteiger partial charge in [0.25, 0.3) is 0 Å². The van der Waals surface area contributed by atoms with Gasteiger partial charge in [-0.2, -0.15) is 4.31 Å². The van der Waals surface area contributed by atoms with Crippen molar-refractivity contribution in [3.8, 4) is 0 Å². The van der Waals surface area contributed by atoms with Crippen molar-refractivity contribution in [2.75, 3.05) is 6.54 Å². The SMILES string of the molecule is Cc1ccc(S(=O)(=O)N2CC=C(C(=O)O)[C@H]2c2ccc(F)cc2C)cc1. The molecule has 1 aliphatic heterocycles. The van der Waals surface area contributed by atoms with Gasteiger partial charge in [0.15, 0.2) is 0 Å². The van der Waals surface area contributed by atoms with E-state index in [1.165, 1.54) is 36.4 Å². The minimum Gasteiger partial charge on any atom is -0.478 e. The van der Waals surface area contributed by atoms with Gasteiger partial charge in [-0.05, 0) is 49.2 Å². The van der Waals surface area contributed by atoms with Crippen molar-refractivity contribution in [3.63, 3.8) is 0 Å². The predicted molar refractivity (Wildman–Crippen MR) is 94.7 cm³/mol. The summed E-state index contributed by atoms with van der Waals surface area (Å²) in [6, 6.07) is 9.28. The number of benzene rings is 2. The lowest BCUT2D eigenvalue weighted by molar-refractivity contribution is -0.133. The molecule has 0 bridgehead atoms. The number of carboxylic acids is 1. The van der Waals surface area contributed by atoms with E-state index in [4.69, 9.17) is 0 Å². The average Bonchev–Trinajstić information content (AvgIpc) is 3.01. The van der Waals surface area contributed by atoms with Crippen LogP contribution in [0.4, 0.5) is 4.39 Å². The van der Waals surface area contributed by atoms with Gasteiger partial charge in [0.1, 0.15) is 5.82 Å². The lowest BCUT2D eigenvalue weighted by Crippen LogP contribution is -2.33. The number of hydrogen-bond acceptors (Lipinski definition) is 3. The number of aryl methyl sites for hydroxylation is 2. The molecule has 0 aromatic heterocycles. The zero-order valence-electron chi connectivity index (χ0n) is 14.3. The molecule has 2 aromatic carbocycles. The average molecular weight is 375 g/mol. The number of sulfonamides is 1. The molecule has 7 heteroatoms. The van der Waals surface area contributed by atoms with Crippen LogP contribution in [0.3, 0.4) is 0 Å². The summed E-state index contributed by atoms with van der Waals surface area (Å²) in [7, 11) is -3.92. The monoisotopic (exact) mass is 375 g/mol. The highest BCUT2D eigenvalue weighted by Crippen LogP contribution is 2.39. The first-order valence-corrected chi connectivity index (χ1v) is 9.43. The van der Waals surface area contributed by atoms with Gasteiger partial charge in [0, 0.05) is 6.54 Å². The lowest BCUT2D eigenvalue weighted by Gasteiger charge is -2.27. The van der Waals surface area contributed by atoms with Crippen LogP contribution in [0.5, 0.6) is 0 Å². The molecule has 0 saturated heterocycles. The molecule has 26 heavy (non-hydrogen) atoms. The maximum Gasteiger partial charge on any atom is 0.333 e. The predicted octanol–water partition coefficient (Wildman–Crippen LogP) is 3.20. The number of carbonyl (C=O) groups is 1. The van der Waals surface area contributed by atoms with E-state index in [1.54, 1.807) is 19.1 Å². The van der Waals surface area contributed by atoms with E-state index in [0.717, 1.165) is 9.87 Å². The van der Waals surface area contributed by atoms with Crippen molar-refractivity contribution in [2.24, 2.45) is 0 Å². The summed E-state index contributed by atoms with van der Waals surface area (Å²) >= 11 is 0. The van der Waals surface area contributed by atoms with E-state index >= 15 is 0 Å². The Kier molecular flexibility index (Phi) is 4.68. The number of nitrogens with zero attached hydrogens (tertiary/aromatic N) is 1. The van der Waals surface area contributed by atoms with Crippen LogP contribution in [-0.2, 0) is 14.8 Å². The summed E-state index contributed by atoms with van der Waals surface area (Å²) in [6.07, 6.45) is 1.39. The first-order valence-electron chi connectivity index (χ1n) is 7.99. The second-order valence-corrected chi connectivity index (χ2v) is 8.15. The third-order valence-corrected chi connectivity index (χ3v) is 6.32. The van der Waals surface area contributed by atoms with Crippen LogP contribution in [0, 0.1) is 19.7 Å². The Labute approximate surface area is 151 Å². The normalized spacial score (nSPS) is 18.0. The quantitative estimate of drug-likeness (QED) is 0.891. The van der Waals surface area contributed by atoms with Crippen LogP contribution in [0.2, 0.25) is 0 Å². The Hall–Kier alpha value is -2.51. The third-order valence-electron chi connectivity index (χ3n) is 4.47. The van der Waals surface area contributed by atoms with Crippen LogP contribution in [-0.4, -0.2) is 30.3 Å². The molecule has 0 spiro atoms. The molecule has 136 valence electrons. The molecule has 1 heterocycles. The minimum absolute atomic E-state index is 0.0320. The van der Waals surface area contributed by atoms with Crippen LogP contribution >= 0.6 is 0 Å². The summed E-state index contributed by atoms with van der Waals surface area (Å²) in [5.41, 5.74) is 1.83. The fourth-order valence-electron chi connectivity index (χ4n) is 3.12. The van der Waals surface area contributed by atoms with Crippen LogP contribution < -0.4 is 0 Å². The molecule has 2 aromatic rings. The number of hydrogen-bond donors (Lipinski definition) is 1. The summed E-state index contributed by atoms with van der Waals surface area (Å²) in [5.74, 6) is -1.65. The second kappa shape index (κ2) is 6.66. The molecule has 0 fully saturated rings. The molecule has 3 rings (SSSR count). The molecule has 5 nitrogen and oxygen atoms in total. The van der Waals surface area contributed by atoms with Gasteiger partial charge in [-0.15, -0.1) is 0 Å². The fraction of sp³-hybridized carbons (Fsp3) is 0.211. The van der Waals surface area contributed by atoms with E-state index in [9.17, 15) is 22.7 Å². The lowest BCUT2D eigenvalue weighted by atomic mass is 9.96. The van der Waals surface area contributed by atoms with E-state index in [0.29, 0.717) is 11.1 Å². The van der Waals surface area contributed by atoms with Crippen molar-refractivity contribution in [1.82, 2.24) is 4.31 Å².